The van der Waals surface area contributed by atoms with Crippen molar-refractivity contribution < 1.29 is 22.7 Å². The number of sulfonamides is 1. The lowest BCUT2D eigenvalue weighted by Crippen LogP contribution is -2.32. The van der Waals surface area contributed by atoms with Gasteiger partial charge in [-0.3, -0.25) is 4.72 Å². The van der Waals surface area contributed by atoms with Gasteiger partial charge >= 0.3 is 5.97 Å². The molecule has 144 valence electrons. The van der Waals surface area contributed by atoms with Crippen LogP contribution >= 0.6 is 0 Å². The minimum atomic E-state index is -4.02. The van der Waals surface area contributed by atoms with E-state index in [1.165, 1.54) is 0 Å². The molecule has 0 bridgehead atoms. The highest BCUT2D eigenvalue weighted by molar-refractivity contribution is 7.92. The lowest BCUT2D eigenvalue weighted by molar-refractivity contribution is 0.0691. The first-order valence-electron chi connectivity index (χ1n) is 8.67. The topological polar surface area (TPSA) is 86.7 Å². The fraction of sp³-hybridized carbons (Fsp3) is 0.316. The van der Waals surface area contributed by atoms with Crippen molar-refractivity contribution in [3.05, 3.63) is 53.8 Å². The minimum Gasteiger partial charge on any atom is -0.478 e. The molecule has 0 atom stereocenters. The van der Waals surface area contributed by atoms with Crippen LogP contribution < -0.4 is 9.62 Å². The number of nitrogens with one attached hydrogen (secondary N) is 1. The van der Waals surface area contributed by atoms with Gasteiger partial charge in [-0.15, -0.1) is 0 Å². The molecular weight excluding hydrogens is 371 g/mol. The van der Waals surface area contributed by atoms with Crippen LogP contribution in [-0.4, -0.2) is 32.6 Å². The number of carboxylic acid groups (broad SMARTS) is 1. The molecule has 0 saturated carbocycles. The Kier molecular flexibility index (Phi) is 5.36. The third-order valence-corrected chi connectivity index (χ3v) is 6.13. The quantitative estimate of drug-likeness (QED) is 0.812. The highest BCUT2D eigenvalue weighted by Crippen LogP contribution is 2.25. The molecule has 2 N–H and O–H groups in total. The van der Waals surface area contributed by atoms with Gasteiger partial charge in [-0.2, -0.15) is 0 Å². The maximum Gasteiger partial charge on any atom is 0.338 e. The zero-order valence-corrected chi connectivity index (χ0v) is 15.7. The summed E-state index contributed by atoms with van der Waals surface area (Å²) in [7, 11) is -4.02. The molecular formula is C19H21FN2O4S. The summed E-state index contributed by atoms with van der Waals surface area (Å²) in [5.41, 5.74) is 0.692. The Morgan fingerprint density at radius 1 is 1.15 bits per heavy atom. The van der Waals surface area contributed by atoms with Crippen molar-refractivity contribution in [2.45, 2.75) is 24.7 Å². The number of aromatic carboxylic acids is 1. The zero-order chi connectivity index (χ0) is 19.6. The summed E-state index contributed by atoms with van der Waals surface area (Å²) < 4.78 is 40.8. The molecule has 1 aliphatic heterocycles. The second-order valence-electron chi connectivity index (χ2n) is 6.77. The first kappa shape index (κ1) is 19.2. The largest absolute Gasteiger partial charge is 0.478 e. The molecule has 8 heteroatoms. The molecule has 2 aromatic carbocycles. The van der Waals surface area contributed by atoms with E-state index in [9.17, 15) is 17.6 Å². The van der Waals surface area contributed by atoms with Crippen LogP contribution in [-0.2, 0) is 10.0 Å². The highest BCUT2D eigenvalue weighted by Gasteiger charge is 2.20. The van der Waals surface area contributed by atoms with Crippen LogP contribution in [0.5, 0.6) is 0 Å². The van der Waals surface area contributed by atoms with Crippen LogP contribution in [0.1, 0.15) is 30.1 Å². The van der Waals surface area contributed by atoms with Crippen molar-refractivity contribution in [2.24, 2.45) is 5.92 Å². The normalized spacial score (nSPS) is 15.6. The summed E-state index contributed by atoms with van der Waals surface area (Å²) in [5, 5.41) is 8.96. The highest BCUT2D eigenvalue weighted by atomic mass is 32.2. The van der Waals surface area contributed by atoms with E-state index in [-0.39, 0.29) is 4.90 Å². The number of halogens is 1. The van der Waals surface area contributed by atoms with Crippen molar-refractivity contribution in [3.8, 4) is 0 Å². The van der Waals surface area contributed by atoms with Gasteiger partial charge in [0.25, 0.3) is 10.0 Å². The Hall–Kier alpha value is -2.61. The van der Waals surface area contributed by atoms with E-state index < -0.39 is 27.4 Å². The second kappa shape index (κ2) is 7.56. The summed E-state index contributed by atoms with van der Waals surface area (Å²) in [6, 6.07) is 9.69. The molecule has 1 heterocycles. The van der Waals surface area contributed by atoms with E-state index in [0.717, 1.165) is 55.7 Å². The molecule has 6 nitrogen and oxygen atoms in total. The molecule has 1 fully saturated rings. The van der Waals surface area contributed by atoms with Gasteiger partial charge in [0.1, 0.15) is 5.82 Å². The monoisotopic (exact) mass is 392 g/mol. The van der Waals surface area contributed by atoms with Gasteiger partial charge in [0.2, 0.25) is 0 Å². The maximum atomic E-state index is 13.5. The number of benzene rings is 2. The van der Waals surface area contributed by atoms with Gasteiger partial charge in [-0.05, 0) is 61.2 Å². The number of carboxylic acids is 1. The van der Waals surface area contributed by atoms with Gasteiger partial charge < -0.3 is 10.0 Å². The fourth-order valence-corrected chi connectivity index (χ4v) is 4.14. The van der Waals surface area contributed by atoms with Gasteiger partial charge in [0.05, 0.1) is 10.5 Å². The van der Waals surface area contributed by atoms with Gasteiger partial charge in [-0.1, -0.05) is 6.92 Å². The summed E-state index contributed by atoms with van der Waals surface area (Å²) in [6.07, 6.45) is 2.26. The molecule has 0 aliphatic carbocycles. The van der Waals surface area contributed by atoms with Crippen LogP contribution in [0.3, 0.4) is 0 Å². The van der Waals surface area contributed by atoms with E-state index in [1.807, 2.05) is 12.1 Å². The smallest absolute Gasteiger partial charge is 0.338 e. The second-order valence-corrected chi connectivity index (χ2v) is 8.45. The third kappa shape index (κ3) is 4.39. The van der Waals surface area contributed by atoms with E-state index in [4.69, 9.17) is 5.11 Å². The summed E-state index contributed by atoms with van der Waals surface area (Å²) in [5.74, 6) is -1.79. The van der Waals surface area contributed by atoms with Gasteiger partial charge in [0.15, 0.2) is 0 Å². The average molecular weight is 392 g/mol. The molecule has 0 unspecified atom stereocenters. The molecule has 1 saturated heterocycles. The van der Waals surface area contributed by atoms with Crippen LogP contribution in [0.25, 0.3) is 0 Å². The van der Waals surface area contributed by atoms with Crippen LogP contribution in [0.4, 0.5) is 15.8 Å². The SMILES string of the molecule is CC1CCN(c2ccc(NS(=O)(=O)c3ccc(F)c(C(=O)O)c3)cc2)CC1. The van der Waals surface area contributed by atoms with Crippen molar-refractivity contribution in [3.63, 3.8) is 0 Å². The first-order valence-corrected chi connectivity index (χ1v) is 10.2. The van der Waals surface area contributed by atoms with Crippen LogP contribution in [0, 0.1) is 11.7 Å². The predicted molar refractivity (Wildman–Crippen MR) is 101 cm³/mol. The standard InChI is InChI=1S/C19H21FN2O4S/c1-13-8-10-22(11-9-13)15-4-2-14(3-5-15)21-27(25,26)16-6-7-18(20)17(12-16)19(23)24/h2-7,12-13,21H,8-11H2,1H3,(H,23,24). The molecule has 2 aromatic rings. The molecule has 0 radical (unpaired) electrons. The Bertz CT molecular complexity index is 937. The van der Waals surface area contributed by atoms with Crippen molar-refractivity contribution in [1.82, 2.24) is 0 Å². The molecule has 1 aliphatic rings. The van der Waals surface area contributed by atoms with E-state index >= 15 is 0 Å². The molecule has 27 heavy (non-hydrogen) atoms. The van der Waals surface area contributed by atoms with Gasteiger partial charge in [0, 0.05) is 24.5 Å². The van der Waals surface area contributed by atoms with E-state index in [1.54, 1.807) is 12.1 Å². The van der Waals surface area contributed by atoms with Crippen molar-refractivity contribution >= 4 is 27.4 Å². The molecule has 0 aromatic heterocycles. The Morgan fingerprint density at radius 3 is 2.37 bits per heavy atom. The van der Waals surface area contributed by atoms with E-state index in [0.29, 0.717) is 5.69 Å². The average Bonchev–Trinajstić information content (AvgIpc) is 2.63. The number of rotatable bonds is 5. The zero-order valence-electron chi connectivity index (χ0n) is 14.9. The summed E-state index contributed by atoms with van der Waals surface area (Å²) in [6.45, 7) is 4.18. The van der Waals surface area contributed by atoms with Crippen molar-refractivity contribution in [1.29, 1.82) is 0 Å². The lowest BCUT2D eigenvalue weighted by atomic mass is 9.99. The van der Waals surface area contributed by atoms with Crippen LogP contribution in [0.2, 0.25) is 0 Å². The third-order valence-electron chi connectivity index (χ3n) is 4.75. The summed E-state index contributed by atoms with van der Waals surface area (Å²) in [4.78, 5) is 13.0. The van der Waals surface area contributed by atoms with Crippen molar-refractivity contribution in [2.75, 3.05) is 22.7 Å². The molecule has 0 amide bonds. The molecule has 3 rings (SSSR count). The maximum absolute atomic E-state index is 13.5. The number of anilines is 2. The molecule has 0 spiro atoms. The number of hydrogen-bond acceptors (Lipinski definition) is 4. The predicted octanol–water partition coefficient (Wildman–Crippen LogP) is 3.56. The number of carbonyl (C=O) groups is 1. The van der Waals surface area contributed by atoms with E-state index in [2.05, 4.69) is 16.5 Å². The van der Waals surface area contributed by atoms with Gasteiger partial charge in [-0.25, -0.2) is 17.6 Å². The Morgan fingerprint density at radius 2 is 1.78 bits per heavy atom. The minimum absolute atomic E-state index is 0.310. The number of piperidine rings is 1. The number of hydrogen-bond donors (Lipinski definition) is 2. The number of nitrogens with zero attached hydrogens (tertiary/aromatic N) is 1. The summed E-state index contributed by atoms with van der Waals surface area (Å²) >= 11 is 0. The fourth-order valence-electron chi connectivity index (χ4n) is 3.06. The van der Waals surface area contributed by atoms with Crippen LogP contribution in [0.15, 0.2) is 47.4 Å². The first-order chi connectivity index (χ1) is 12.8. The Balaban J connectivity index is 1.76. The lowest BCUT2D eigenvalue weighted by Gasteiger charge is -2.32. The Labute approximate surface area is 157 Å².